The second kappa shape index (κ2) is 2.10. The Morgan fingerprint density at radius 3 is 1.91 bits per heavy atom. The van der Waals surface area contributed by atoms with Crippen LogP contribution in [0, 0.1) is 16.7 Å². The molecule has 0 heterocycles. The van der Waals surface area contributed by atoms with E-state index in [0.717, 1.165) is 0 Å². The summed E-state index contributed by atoms with van der Waals surface area (Å²) in [5.41, 5.74) is -2.07. The number of nitriles is 1. The van der Waals surface area contributed by atoms with Crippen LogP contribution >= 0.6 is 0 Å². The standard InChI is InChI=1S/C6H5F4N/c7-4(8)6(9,10)5(3-11)1-2-5/h4H,1-2H2. The van der Waals surface area contributed by atoms with Gasteiger partial charge in [-0.1, -0.05) is 0 Å². The van der Waals surface area contributed by atoms with Gasteiger partial charge in [-0.3, -0.25) is 0 Å². The van der Waals surface area contributed by atoms with E-state index in [-0.39, 0.29) is 12.8 Å². The summed E-state index contributed by atoms with van der Waals surface area (Å²) in [5.74, 6) is -4.14. The Morgan fingerprint density at radius 2 is 1.82 bits per heavy atom. The van der Waals surface area contributed by atoms with Crippen LogP contribution in [-0.2, 0) is 0 Å². The predicted octanol–water partition coefficient (Wildman–Crippen LogP) is 2.19. The first-order valence-electron chi connectivity index (χ1n) is 3.03. The first kappa shape index (κ1) is 8.31. The summed E-state index contributed by atoms with van der Waals surface area (Å²) in [6, 6.07) is 1.24. The van der Waals surface area contributed by atoms with E-state index in [1.807, 2.05) is 0 Å². The highest BCUT2D eigenvalue weighted by atomic mass is 19.3. The van der Waals surface area contributed by atoms with Crippen molar-refractivity contribution in [1.29, 1.82) is 5.26 Å². The summed E-state index contributed by atoms with van der Waals surface area (Å²) < 4.78 is 48.1. The Kier molecular flexibility index (Phi) is 1.58. The quantitative estimate of drug-likeness (QED) is 0.578. The number of hydrogen-bond acceptors (Lipinski definition) is 1. The minimum absolute atomic E-state index is 0.124. The van der Waals surface area contributed by atoms with Gasteiger partial charge in [-0.15, -0.1) is 0 Å². The number of rotatable bonds is 2. The summed E-state index contributed by atoms with van der Waals surface area (Å²) in [5, 5.41) is 8.18. The molecule has 0 saturated heterocycles. The van der Waals surface area contributed by atoms with Crippen LogP contribution in [0.5, 0.6) is 0 Å². The number of halogens is 4. The van der Waals surface area contributed by atoms with E-state index >= 15 is 0 Å². The summed E-state index contributed by atoms with van der Waals surface area (Å²) in [7, 11) is 0. The number of hydrogen-bond donors (Lipinski definition) is 0. The van der Waals surface area contributed by atoms with E-state index < -0.39 is 17.8 Å². The van der Waals surface area contributed by atoms with Crippen molar-refractivity contribution in [3.8, 4) is 6.07 Å². The van der Waals surface area contributed by atoms with Crippen molar-refractivity contribution in [2.24, 2.45) is 5.41 Å². The summed E-state index contributed by atoms with van der Waals surface area (Å²) in [6.07, 6.45) is -3.98. The van der Waals surface area contributed by atoms with Crippen molar-refractivity contribution in [3.05, 3.63) is 0 Å². The maximum atomic E-state index is 12.4. The smallest absolute Gasteiger partial charge is 0.204 e. The topological polar surface area (TPSA) is 23.8 Å². The van der Waals surface area contributed by atoms with Gasteiger partial charge >= 0.3 is 12.3 Å². The zero-order valence-electron chi connectivity index (χ0n) is 5.45. The van der Waals surface area contributed by atoms with Crippen LogP contribution in [0.1, 0.15) is 12.8 Å². The zero-order chi connectivity index (χ0) is 8.70. The minimum Gasteiger partial charge on any atom is -0.204 e. The molecule has 5 heteroatoms. The van der Waals surface area contributed by atoms with Gasteiger partial charge in [0.15, 0.2) is 0 Å². The molecule has 1 rings (SSSR count). The van der Waals surface area contributed by atoms with Crippen LogP contribution in [0.25, 0.3) is 0 Å². The van der Waals surface area contributed by atoms with Crippen LogP contribution < -0.4 is 0 Å². The molecule has 1 aliphatic carbocycles. The second-order valence-electron chi connectivity index (χ2n) is 2.62. The molecule has 11 heavy (non-hydrogen) atoms. The molecule has 1 nitrogen and oxygen atoms in total. The summed E-state index contributed by atoms with van der Waals surface area (Å²) >= 11 is 0. The minimum atomic E-state index is -4.14. The third-order valence-electron chi connectivity index (χ3n) is 1.88. The molecule has 0 aromatic heterocycles. The monoisotopic (exact) mass is 167 g/mol. The van der Waals surface area contributed by atoms with E-state index in [0.29, 0.717) is 0 Å². The molecule has 0 amide bonds. The molecule has 0 radical (unpaired) electrons. The van der Waals surface area contributed by atoms with Crippen LogP contribution in [-0.4, -0.2) is 12.3 Å². The number of alkyl halides is 4. The van der Waals surface area contributed by atoms with Crippen molar-refractivity contribution in [3.63, 3.8) is 0 Å². The van der Waals surface area contributed by atoms with Crippen LogP contribution in [0.3, 0.4) is 0 Å². The van der Waals surface area contributed by atoms with Crippen LogP contribution in [0.15, 0.2) is 0 Å². The Hall–Kier alpha value is -0.790. The normalized spacial score (nSPS) is 21.5. The van der Waals surface area contributed by atoms with Gasteiger partial charge in [0, 0.05) is 0 Å². The SMILES string of the molecule is N#CC1(C(F)(F)C(F)F)CC1. The van der Waals surface area contributed by atoms with Crippen LogP contribution in [0.2, 0.25) is 0 Å². The van der Waals surface area contributed by atoms with Gasteiger partial charge in [-0.2, -0.15) is 14.0 Å². The largest absolute Gasteiger partial charge is 0.325 e. The molecular weight excluding hydrogens is 162 g/mol. The first-order valence-corrected chi connectivity index (χ1v) is 3.03. The highest BCUT2D eigenvalue weighted by molar-refractivity contribution is 5.18. The highest BCUT2D eigenvalue weighted by Crippen LogP contribution is 2.58. The molecule has 0 spiro atoms. The summed E-state index contributed by atoms with van der Waals surface area (Å²) in [4.78, 5) is 0. The lowest BCUT2D eigenvalue weighted by molar-refractivity contribution is -0.161. The van der Waals surface area contributed by atoms with Gasteiger partial charge < -0.3 is 0 Å². The van der Waals surface area contributed by atoms with Crippen molar-refractivity contribution >= 4 is 0 Å². The maximum Gasteiger partial charge on any atom is 0.325 e. The molecule has 0 unspecified atom stereocenters. The average Bonchev–Trinajstić information content (AvgIpc) is 2.66. The van der Waals surface area contributed by atoms with Gasteiger partial charge in [0.05, 0.1) is 6.07 Å². The van der Waals surface area contributed by atoms with Crippen LogP contribution in [0.4, 0.5) is 17.6 Å². The van der Waals surface area contributed by atoms with E-state index in [2.05, 4.69) is 0 Å². The Bertz CT molecular complexity index is 201. The lowest BCUT2D eigenvalue weighted by Crippen LogP contribution is -2.36. The molecule has 62 valence electrons. The van der Waals surface area contributed by atoms with E-state index in [1.54, 1.807) is 0 Å². The molecule has 0 bridgehead atoms. The molecule has 1 fully saturated rings. The third-order valence-corrected chi connectivity index (χ3v) is 1.88. The first-order chi connectivity index (χ1) is 4.96. The third kappa shape index (κ3) is 0.971. The van der Waals surface area contributed by atoms with Gasteiger partial charge in [0.25, 0.3) is 0 Å². The van der Waals surface area contributed by atoms with Crippen molar-refractivity contribution in [1.82, 2.24) is 0 Å². The average molecular weight is 167 g/mol. The molecule has 0 aromatic carbocycles. The highest BCUT2D eigenvalue weighted by Gasteiger charge is 2.67. The Labute approximate surface area is 60.6 Å². The van der Waals surface area contributed by atoms with Crippen molar-refractivity contribution in [2.75, 3.05) is 0 Å². The maximum absolute atomic E-state index is 12.4. The fourth-order valence-corrected chi connectivity index (χ4v) is 0.854. The molecular formula is C6H5F4N. The van der Waals surface area contributed by atoms with E-state index in [9.17, 15) is 17.6 Å². The number of nitrogens with zero attached hydrogens (tertiary/aromatic N) is 1. The molecule has 0 N–H and O–H groups in total. The second-order valence-corrected chi connectivity index (χ2v) is 2.62. The lowest BCUT2D eigenvalue weighted by Gasteiger charge is -2.19. The summed E-state index contributed by atoms with van der Waals surface area (Å²) in [6.45, 7) is 0. The zero-order valence-corrected chi connectivity index (χ0v) is 5.45. The van der Waals surface area contributed by atoms with Gasteiger partial charge in [0.1, 0.15) is 5.41 Å². The predicted molar refractivity (Wildman–Crippen MR) is 28.2 cm³/mol. The molecule has 0 aliphatic heterocycles. The van der Waals surface area contributed by atoms with E-state index in [4.69, 9.17) is 5.26 Å². The molecule has 1 saturated carbocycles. The molecule has 1 aliphatic rings. The van der Waals surface area contributed by atoms with E-state index in [1.165, 1.54) is 6.07 Å². The lowest BCUT2D eigenvalue weighted by atomic mass is 10.0. The van der Waals surface area contributed by atoms with Gasteiger partial charge in [-0.25, -0.2) is 8.78 Å². The fourth-order valence-electron chi connectivity index (χ4n) is 0.854. The molecule has 0 aromatic rings. The van der Waals surface area contributed by atoms with Crippen molar-refractivity contribution < 1.29 is 17.6 Å². The van der Waals surface area contributed by atoms with Crippen molar-refractivity contribution in [2.45, 2.75) is 25.2 Å². The fraction of sp³-hybridized carbons (Fsp3) is 0.833. The Balaban J connectivity index is 2.82. The Morgan fingerprint density at radius 1 is 1.36 bits per heavy atom. The van der Waals surface area contributed by atoms with Gasteiger partial charge in [-0.05, 0) is 12.8 Å². The molecule has 0 atom stereocenters. The van der Waals surface area contributed by atoms with Gasteiger partial charge in [0.2, 0.25) is 0 Å².